The molecule has 47 heavy (non-hydrogen) atoms. The Morgan fingerprint density at radius 1 is 1.04 bits per heavy atom. The number of carbonyl (C=O) groups is 1. The summed E-state index contributed by atoms with van der Waals surface area (Å²) >= 11 is 0. The van der Waals surface area contributed by atoms with Crippen molar-refractivity contribution in [2.24, 2.45) is 5.92 Å². The van der Waals surface area contributed by atoms with E-state index in [2.05, 4.69) is 0 Å². The Labute approximate surface area is 271 Å². The number of β-amino-alcohol motifs (C(OH)–C–C–N with tert-alkyl or cyclic N) is 1. The molecule has 1 aromatic heterocycles. The lowest BCUT2D eigenvalue weighted by Gasteiger charge is -2.39. The van der Waals surface area contributed by atoms with E-state index in [-0.39, 0.29) is 60.7 Å². The van der Waals surface area contributed by atoms with Crippen LogP contribution in [0.25, 0.3) is 10.9 Å². The summed E-state index contributed by atoms with van der Waals surface area (Å²) < 4.78 is 63.0. The highest BCUT2D eigenvalue weighted by molar-refractivity contribution is 5.87. The molecule has 13 heteroatoms. The summed E-state index contributed by atoms with van der Waals surface area (Å²) in [7, 11) is 1.49. The molecule has 0 spiro atoms. The second kappa shape index (κ2) is 14.5. The van der Waals surface area contributed by atoms with E-state index in [1.165, 1.54) is 31.5 Å². The molecule has 0 bridgehead atoms. The minimum Gasteiger partial charge on any atom is -0.493 e. The van der Waals surface area contributed by atoms with Crippen molar-refractivity contribution < 1.29 is 42.2 Å². The van der Waals surface area contributed by atoms with Gasteiger partial charge < -0.3 is 23.9 Å². The third-order valence-corrected chi connectivity index (χ3v) is 9.33. The quantitative estimate of drug-likeness (QED) is 0.132. The highest BCUT2D eigenvalue weighted by Crippen LogP contribution is 2.44. The normalized spacial score (nSPS) is 18.2. The van der Waals surface area contributed by atoms with Crippen LogP contribution in [0.4, 0.5) is 18.9 Å². The van der Waals surface area contributed by atoms with E-state index in [1.54, 1.807) is 34.6 Å². The molecular weight excluding hydrogens is 619 g/mol. The van der Waals surface area contributed by atoms with E-state index in [9.17, 15) is 33.2 Å². The van der Waals surface area contributed by atoms with Gasteiger partial charge in [0.1, 0.15) is 6.10 Å². The van der Waals surface area contributed by atoms with Gasteiger partial charge in [-0.15, -0.1) is 0 Å². The molecule has 1 atom stereocenters. The number of methoxy groups -OCH3 is 1. The fraction of sp³-hybridized carbons (Fsp3) is 0.559. The first-order valence-corrected chi connectivity index (χ1v) is 16.2. The lowest BCUT2D eigenvalue weighted by molar-refractivity contribution is -0.384. The predicted octanol–water partition coefficient (Wildman–Crippen LogP) is 6.54. The van der Waals surface area contributed by atoms with Gasteiger partial charge >= 0.3 is 12.1 Å². The van der Waals surface area contributed by atoms with Gasteiger partial charge in [-0.2, -0.15) is 13.2 Å². The maximum Gasteiger partial charge on any atom is 0.422 e. The van der Waals surface area contributed by atoms with Crippen LogP contribution >= 0.6 is 0 Å². The lowest BCUT2D eigenvalue weighted by atomic mass is 9.89. The molecule has 2 heterocycles. The number of ether oxygens (including phenoxy) is 3. The zero-order valence-corrected chi connectivity index (χ0v) is 26.8. The predicted molar refractivity (Wildman–Crippen MR) is 169 cm³/mol. The number of nitrogens with zero attached hydrogens (tertiary/aromatic N) is 3. The van der Waals surface area contributed by atoms with E-state index < -0.39 is 23.2 Å². The second-order valence-electron chi connectivity index (χ2n) is 12.6. The molecule has 2 aliphatic rings. The van der Waals surface area contributed by atoms with Crippen LogP contribution in [0.3, 0.4) is 0 Å². The first-order valence-electron chi connectivity index (χ1n) is 16.2. The Balaban J connectivity index is 1.33. The number of fused-ring (bicyclic) bond motifs is 1. The van der Waals surface area contributed by atoms with Gasteiger partial charge in [-0.05, 0) is 62.3 Å². The van der Waals surface area contributed by atoms with E-state index in [1.807, 2.05) is 0 Å². The summed E-state index contributed by atoms with van der Waals surface area (Å²) in [6.07, 6.45) is 2.03. The van der Waals surface area contributed by atoms with Gasteiger partial charge in [-0.3, -0.25) is 19.8 Å². The van der Waals surface area contributed by atoms with Crippen molar-refractivity contribution in [2.75, 3.05) is 33.4 Å². The maximum atomic E-state index is 14.9. The van der Waals surface area contributed by atoms with Gasteiger partial charge in [0.05, 0.1) is 30.6 Å². The Morgan fingerprint density at radius 3 is 2.40 bits per heavy atom. The van der Waals surface area contributed by atoms with E-state index >= 15 is 0 Å². The summed E-state index contributed by atoms with van der Waals surface area (Å²) in [6.45, 7) is 2.26. The van der Waals surface area contributed by atoms with Crippen molar-refractivity contribution in [3.8, 4) is 11.5 Å². The number of hydrogen-bond donors (Lipinski definition) is 1. The van der Waals surface area contributed by atoms with Gasteiger partial charge in [0, 0.05) is 55.5 Å². The fourth-order valence-corrected chi connectivity index (χ4v) is 6.84. The molecule has 5 rings (SSSR count). The number of halogens is 3. The van der Waals surface area contributed by atoms with Crippen LogP contribution in [0, 0.1) is 16.0 Å². The summed E-state index contributed by atoms with van der Waals surface area (Å²) in [4.78, 5) is 24.4. The third-order valence-electron chi connectivity index (χ3n) is 9.33. The first kappa shape index (κ1) is 34.5. The number of likely N-dealkylation sites (tertiary alicyclic amines) is 1. The fourth-order valence-electron chi connectivity index (χ4n) is 6.84. The van der Waals surface area contributed by atoms with Crippen LogP contribution < -0.4 is 9.47 Å². The zero-order chi connectivity index (χ0) is 33.8. The molecule has 1 N–H and O–H groups in total. The SMILES string of the molecule is CCOC(=O)Cc1ccc(OC2CCN(CC(O)(c3cn(CC4CCCCC4)c4cc([N+](=O)[O-])ccc34)C(F)(F)F)CC2)c(OC)c1. The van der Waals surface area contributed by atoms with Crippen LogP contribution in [0.5, 0.6) is 11.5 Å². The van der Waals surface area contributed by atoms with Crippen molar-refractivity contribution in [1.29, 1.82) is 0 Å². The Morgan fingerprint density at radius 2 is 1.77 bits per heavy atom. The van der Waals surface area contributed by atoms with Crippen LogP contribution in [0.2, 0.25) is 0 Å². The van der Waals surface area contributed by atoms with Crippen LogP contribution in [-0.4, -0.2) is 71.1 Å². The smallest absolute Gasteiger partial charge is 0.422 e. The van der Waals surface area contributed by atoms with Crippen molar-refractivity contribution >= 4 is 22.6 Å². The average molecular weight is 662 g/mol. The van der Waals surface area contributed by atoms with Gasteiger partial charge in [0.2, 0.25) is 5.60 Å². The molecule has 0 radical (unpaired) electrons. The van der Waals surface area contributed by atoms with Crippen molar-refractivity contribution in [1.82, 2.24) is 9.47 Å². The highest BCUT2D eigenvalue weighted by Gasteiger charge is 2.57. The second-order valence-corrected chi connectivity index (χ2v) is 12.6. The summed E-state index contributed by atoms with van der Waals surface area (Å²) in [5.41, 5.74) is -2.70. The Bertz CT molecular complexity index is 1560. The molecule has 1 aliphatic heterocycles. The number of esters is 1. The molecule has 1 saturated heterocycles. The molecule has 0 amide bonds. The number of aliphatic hydroxyl groups is 1. The number of nitro benzene ring substituents is 1. The molecular formula is C34H42F3N3O7. The molecule has 1 unspecified atom stereocenters. The number of aromatic nitrogens is 1. The molecule has 2 aromatic carbocycles. The third kappa shape index (κ3) is 7.83. The highest BCUT2D eigenvalue weighted by atomic mass is 19.4. The number of rotatable bonds is 12. The van der Waals surface area contributed by atoms with Crippen LogP contribution in [0.1, 0.15) is 63.0 Å². The van der Waals surface area contributed by atoms with Crippen LogP contribution in [0.15, 0.2) is 42.6 Å². The van der Waals surface area contributed by atoms with Crippen molar-refractivity contribution in [2.45, 2.75) is 82.7 Å². The van der Waals surface area contributed by atoms with Gasteiger partial charge in [0.25, 0.3) is 5.69 Å². The average Bonchev–Trinajstić information content (AvgIpc) is 3.40. The molecule has 10 nitrogen and oxygen atoms in total. The molecule has 1 aliphatic carbocycles. The van der Waals surface area contributed by atoms with E-state index in [0.717, 1.165) is 32.1 Å². The van der Waals surface area contributed by atoms with E-state index in [0.29, 0.717) is 42.0 Å². The minimum atomic E-state index is -5.01. The van der Waals surface area contributed by atoms with Crippen molar-refractivity contribution in [3.05, 3.63) is 63.8 Å². The zero-order valence-electron chi connectivity index (χ0n) is 26.8. The minimum absolute atomic E-state index is 0.0845. The number of alkyl halides is 3. The van der Waals surface area contributed by atoms with Gasteiger partial charge in [-0.25, -0.2) is 0 Å². The summed E-state index contributed by atoms with van der Waals surface area (Å²) in [5, 5.41) is 23.3. The monoisotopic (exact) mass is 661 g/mol. The first-order chi connectivity index (χ1) is 22.4. The summed E-state index contributed by atoms with van der Waals surface area (Å²) in [5.74, 6) is 0.789. The molecule has 2 fully saturated rings. The number of carbonyl (C=O) groups excluding carboxylic acids is 1. The Hall–Kier alpha value is -3.84. The molecule has 256 valence electrons. The molecule has 1 saturated carbocycles. The van der Waals surface area contributed by atoms with E-state index in [4.69, 9.17) is 14.2 Å². The number of piperidine rings is 1. The lowest BCUT2D eigenvalue weighted by Crippen LogP contribution is -2.53. The van der Waals surface area contributed by atoms with Gasteiger partial charge in [0.15, 0.2) is 11.5 Å². The summed E-state index contributed by atoms with van der Waals surface area (Å²) in [6, 6.07) is 8.96. The van der Waals surface area contributed by atoms with Gasteiger partial charge in [-0.1, -0.05) is 25.3 Å². The van der Waals surface area contributed by atoms with Crippen molar-refractivity contribution in [3.63, 3.8) is 0 Å². The maximum absolute atomic E-state index is 14.9. The number of benzene rings is 2. The number of hydrogen-bond acceptors (Lipinski definition) is 8. The van der Waals surface area contributed by atoms with Crippen LogP contribution in [-0.2, 0) is 28.1 Å². The standard InChI is InChI=1S/C34H42F3N3O7/c1-3-46-32(41)18-24-9-12-30(31(17-24)45-2)47-26-13-15-38(16-14-26)22-33(42,34(35,36)37)28-21-39(20-23-7-5-4-6-8-23)29-19-25(40(43)44)10-11-27(28)29/h9-12,17,19,21,23,26,42H,3-8,13-16,18,20,22H2,1-2H3. The largest absolute Gasteiger partial charge is 0.493 e. The number of non-ortho nitro benzene ring substituents is 1. The number of nitro groups is 1. The Kier molecular flexibility index (Phi) is 10.6. The topological polar surface area (TPSA) is 116 Å². The molecule has 3 aromatic rings.